The molecule has 0 saturated carbocycles. The van der Waals surface area contributed by atoms with E-state index in [4.69, 9.17) is 5.73 Å². The summed E-state index contributed by atoms with van der Waals surface area (Å²) in [6.45, 7) is 4.36. The molecule has 0 bridgehead atoms. The molecule has 1 aliphatic heterocycles. The zero-order valence-corrected chi connectivity index (χ0v) is 12.9. The number of aromatic amines is 1. The molecule has 0 amide bonds. The van der Waals surface area contributed by atoms with Gasteiger partial charge in [0.15, 0.2) is 0 Å². The highest BCUT2D eigenvalue weighted by Gasteiger charge is 2.35. The van der Waals surface area contributed by atoms with Crippen LogP contribution in [-0.4, -0.2) is 42.1 Å². The fourth-order valence-electron chi connectivity index (χ4n) is 2.56. The predicted molar refractivity (Wildman–Crippen MR) is 75.9 cm³/mol. The van der Waals surface area contributed by atoms with Crippen molar-refractivity contribution in [1.29, 1.82) is 0 Å². The van der Waals surface area contributed by atoms with Gasteiger partial charge in [-0.2, -0.15) is 9.40 Å². The molecule has 2 rings (SSSR count). The molecule has 0 aliphatic carbocycles. The molecule has 110 valence electrons. The van der Waals surface area contributed by atoms with Gasteiger partial charge in [0.1, 0.15) is 4.90 Å². The molecule has 6 nitrogen and oxygen atoms in total. The van der Waals surface area contributed by atoms with Crippen molar-refractivity contribution in [1.82, 2.24) is 14.5 Å². The number of hydrogen-bond donors (Lipinski definition) is 2. The maximum absolute atomic E-state index is 12.7. The fourth-order valence-corrected chi connectivity index (χ4v) is 4.60. The number of nitrogens with two attached hydrogens (primary N) is 1. The van der Waals surface area contributed by atoms with Crippen LogP contribution in [0.25, 0.3) is 0 Å². The molecule has 3 N–H and O–H groups in total. The quantitative estimate of drug-likeness (QED) is 0.869. The van der Waals surface area contributed by atoms with Crippen molar-refractivity contribution in [2.24, 2.45) is 5.73 Å². The van der Waals surface area contributed by atoms with Crippen LogP contribution >= 0.6 is 12.4 Å². The molecule has 1 atom stereocenters. The number of aryl methyl sites for hydroxylation is 2. The predicted octanol–water partition coefficient (Wildman–Crippen LogP) is 0.950. The number of hydrogen-bond acceptors (Lipinski definition) is 4. The number of rotatable bonds is 3. The Balaban J connectivity index is 0.00000180. The van der Waals surface area contributed by atoms with E-state index >= 15 is 0 Å². The van der Waals surface area contributed by atoms with Crippen molar-refractivity contribution in [2.45, 2.75) is 44.0 Å². The lowest BCUT2D eigenvalue weighted by Gasteiger charge is -2.33. The van der Waals surface area contributed by atoms with E-state index in [1.807, 2.05) is 0 Å². The van der Waals surface area contributed by atoms with Gasteiger partial charge in [0.2, 0.25) is 10.0 Å². The van der Waals surface area contributed by atoms with Gasteiger partial charge >= 0.3 is 0 Å². The van der Waals surface area contributed by atoms with E-state index < -0.39 is 10.0 Å². The number of nitrogens with zero attached hydrogens (tertiary/aromatic N) is 2. The van der Waals surface area contributed by atoms with Gasteiger partial charge in [0.05, 0.1) is 11.4 Å². The van der Waals surface area contributed by atoms with Crippen molar-refractivity contribution in [3.63, 3.8) is 0 Å². The highest BCUT2D eigenvalue weighted by Crippen LogP contribution is 2.27. The summed E-state index contributed by atoms with van der Waals surface area (Å²) in [5.41, 5.74) is 6.80. The van der Waals surface area contributed by atoms with Gasteiger partial charge in [-0.15, -0.1) is 12.4 Å². The first-order valence-corrected chi connectivity index (χ1v) is 7.66. The van der Waals surface area contributed by atoms with E-state index in [0.717, 1.165) is 19.3 Å². The Hall–Kier alpha value is -0.630. The molecular weight excluding hydrogens is 288 g/mol. The summed E-state index contributed by atoms with van der Waals surface area (Å²) < 4.78 is 26.9. The first kappa shape index (κ1) is 16.4. The molecule has 1 aromatic heterocycles. The molecule has 8 heteroatoms. The summed E-state index contributed by atoms with van der Waals surface area (Å²) in [6.07, 6.45) is 2.77. The summed E-state index contributed by atoms with van der Waals surface area (Å²) >= 11 is 0. The van der Waals surface area contributed by atoms with Crippen LogP contribution in [0, 0.1) is 13.8 Å². The van der Waals surface area contributed by atoms with Crippen LogP contribution in [0.15, 0.2) is 4.90 Å². The number of nitrogens with one attached hydrogen (secondary N) is 1. The summed E-state index contributed by atoms with van der Waals surface area (Å²) in [5, 5.41) is 6.69. The first-order chi connectivity index (χ1) is 8.48. The van der Waals surface area contributed by atoms with Crippen LogP contribution in [0.2, 0.25) is 0 Å². The van der Waals surface area contributed by atoms with Gasteiger partial charge in [-0.1, -0.05) is 6.42 Å². The van der Waals surface area contributed by atoms with Crippen molar-refractivity contribution in [2.75, 3.05) is 13.1 Å². The van der Waals surface area contributed by atoms with E-state index in [1.165, 1.54) is 0 Å². The van der Waals surface area contributed by atoms with Gasteiger partial charge in [-0.05, 0) is 26.7 Å². The lowest BCUT2D eigenvalue weighted by atomic mass is 10.1. The minimum Gasteiger partial charge on any atom is -0.329 e. The highest BCUT2D eigenvalue weighted by atomic mass is 35.5. The third-order valence-corrected chi connectivity index (χ3v) is 5.69. The van der Waals surface area contributed by atoms with E-state index in [0.29, 0.717) is 29.4 Å². The number of sulfonamides is 1. The summed E-state index contributed by atoms with van der Waals surface area (Å²) in [6, 6.07) is -0.0857. The summed E-state index contributed by atoms with van der Waals surface area (Å²) in [7, 11) is -3.48. The molecule has 2 heterocycles. The smallest absolute Gasteiger partial charge is 0.247 e. The second kappa shape index (κ2) is 6.21. The lowest BCUT2D eigenvalue weighted by molar-refractivity contribution is 0.257. The Morgan fingerprint density at radius 2 is 2.11 bits per heavy atom. The summed E-state index contributed by atoms with van der Waals surface area (Å²) in [4.78, 5) is 0.308. The lowest BCUT2D eigenvalue weighted by Crippen LogP contribution is -2.47. The highest BCUT2D eigenvalue weighted by molar-refractivity contribution is 7.89. The Kier molecular flexibility index (Phi) is 5.37. The summed E-state index contributed by atoms with van der Waals surface area (Å²) in [5.74, 6) is 0. The van der Waals surface area contributed by atoms with Crippen molar-refractivity contribution in [3.05, 3.63) is 11.4 Å². The van der Waals surface area contributed by atoms with E-state index in [9.17, 15) is 8.42 Å². The number of piperidine rings is 1. The Morgan fingerprint density at radius 3 is 2.63 bits per heavy atom. The molecule has 1 aromatic rings. The Morgan fingerprint density at radius 1 is 1.42 bits per heavy atom. The third-order valence-electron chi connectivity index (χ3n) is 3.47. The van der Waals surface area contributed by atoms with Crippen LogP contribution in [0.4, 0.5) is 0 Å². The van der Waals surface area contributed by atoms with E-state index in [2.05, 4.69) is 10.2 Å². The van der Waals surface area contributed by atoms with Gasteiger partial charge in [0, 0.05) is 19.1 Å². The first-order valence-electron chi connectivity index (χ1n) is 6.22. The zero-order chi connectivity index (χ0) is 13.3. The molecule has 0 spiro atoms. The Labute approximate surface area is 120 Å². The maximum atomic E-state index is 12.7. The topological polar surface area (TPSA) is 92.1 Å². The zero-order valence-electron chi connectivity index (χ0n) is 11.2. The SMILES string of the molecule is Cc1n[nH]c(C)c1S(=O)(=O)N1CCCCC1CN.Cl. The molecule has 0 aromatic carbocycles. The normalized spacial score (nSPS) is 21.1. The second-order valence-electron chi connectivity index (χ2n) is 4.76. The minimum absolute atomic E-state index is 0. The van der Waals surface area contributed by atoms with Gasteiger partial charge < -0.3 is 5.73 Å². The average Bonchev–Trinajstić information content (AvgIpc) is 2.69. The van der Waals surface area contributed by atoms with Crippen molar-refractivity contribution >= 4 is 22.4 Å². The van der Waals surface area contributed by atoms with Crippen LogP contribution in [0.5, 0.6) is 0 Å². The molecule has 1 unspecified atom stereocenters. The van der Waals surface area contributed by atoms with Gasteiger partial charge in [-0.25, -0.2) is 8.42 Å². The molecule has 19 heavy (non-hydrogen) atoms. The van der Waals surface area contributed by atoms with Crippen LogP contribution in [0.1, 0.15) is 30.7 Å². The monoisotopic (exact) mass is 308 g/mol. The van der Waals surface area contributed by atoms with Crippen LogP contribution in [-0.2, 0) is 10.0 Å². The Bertz CT molecular complexity index is 509. The fraction of sp³-hybridized carbons (Fsp3) is 0.727. The van der Waals surface area contributed by atoms with Gasteiger partial charge in [-0.3, -0.25) is 5.10 Å². The molecule has 1 saturated heterocycles. The van der Waals surface area contributed by atoms with E-state index in [-0.39, 0.29) is 18.4 Å². The van der Waals surface area contributed by atoms with E-state index in [1.54, 1.807) is 18.2 Å². The largest absolute Gasteiger partial charge is 0.329 e. The minimum atomic E-state index is -3.48. The number of halogens is 1. The van der Waals surface area contributed by atoms with Crippen LogP contribution < -0.4 is 5.73 Å². The van der Waals surface area contributed by atoms with Crippen LogP contribution in [0.3, 0.4) is 0 Å². The molecule has 1 fully saturated rings. The standard InChI is InChI=1S/C11H20N4O2S.ClH/c1-8-11(9(2)14-13-8)18(16,17)15-6-4-3-5-10(15)7-12;/h10H,3-7,12H2,1-2H3,(H,13,14);1H. The van der Waals surface area contributed by atoms with Crippen molar-refractivity contribution in [3.8, 4) is 0 Å². The maximum Gasteiger partial charge on any atom is 0.247 e. The number of H-pyrrole nitrogens is 1. The molecular formula is C11H21ClN4O2S. The second-order valence-corrected chi connectivity index (χ2v) is 6.59. The average molecular weight is 309 g/mol. The van der Waals surface area contributed by atoms with Gasteiger partial charge in [0.25, 0.3) is 0 Å². The van der Waals surface area contributed by atoms with Crippen molar-refractivity contribution < 1.29 is 8.42 Å². The molecule has 0 radical (unpaired) electrons. The third kappa shape index (κ3) is 2.94. The number of aromatic nitrogens is 2. The molecule has 1 aliphatic rings.